The number of fused-ring (bicyclic) bond motifs is 1. The molecule has 0 amide bonds. The summed E-state index contributed by atoms with van der Waals surface area (Å²) >= 11 is 0. The number of hydrogen-bond acceptors (Lipinski definition) is 3. The van der Waals surface area contributed by atoms with Gasteiger partial charge in [-0.3, -0.25) is 4.90 Å². The smallest absolute Gasteiger partial charge is 0.0855 e. The van der Waals surface area contributed by atoms with Crippen LogP contribution in [0, 0.1) is 0 Å². The van der Waals surface area contributed by atoms with Gasteiger partial charge in [-0.2, -0.15) is 0 Å². The molecule has 1 aliphatic carbocycles. The van der Waals surface area contributed by atoms with Crippen LogP contribution in [0.4, 0.5) is 0 Å². The first-order valence-corrected chi connectivity index (χ1v) is 8.32. The molecule has 3 nitrogen and oxygen atoms in total. The van der Waals surface area contributed by atoms with Crippen molar-refractivity contribution in [3.05, 3.63) is 35.4 Å². The first-order valence-electron chi connectivity index (χ1n) is 8.32. The zero-order valence-corrected chi connectivity index (χ0v) is 12.8. The van der Waals surface area contributed by atoms with Crippen LogP contribution in [0.25, 0.3) is 0 Å². The van der Waals surface area contributed by atoms with E-state index < -0.39 is 5.60 Å². The van der Waals surface area contributed by atoms with Crippen LogP contribution in [0.5, 0.6) is 0 Å². The number of β-amino-alcohol motifs (C(OH)–C–C–N with tert-alkyl or cyclic N) is 1. The second-order valence-corrected chi connectivity index (χ2v) is 7.19. The van der Waals surface area contributed by atoms with Crippen LogP contribution < -0.4 is 0 Å². The second-order valence-electron chi connectivity index (χ2n) is 7.19. The van der Waals surface area contributed by atoms with Gasteiger partial charge in [-0.05, 0) is 43.7 Å². The highest BCUT2D eigenvalue weighted by molar-refractivity contribution is 5.31. The van der Waals surface area contributed by atoms with E-state index in [1.807, 2.05) is 0 Å². The van der Waals surface area contributed by atoms with Crippen molar-refractivity contribution in [2.24, 2.45) is 0 Å². The van der Waals surface area contributed by atoms with E-state index in [2.05, 4.69) is 36.1 Å². The standard InChI is InChI=1S/C18H25NO2/c1-13-10-18(20,12-19(13)15-6-7-15)11-17-16-5-3-2-4-14(16)8-9-21-17/h2-5,13,15,17,20H,6-12H2,1H3. The number of nitrogens with zero attached hydrogens (tertiary/aromatic N) is 1. The average Bonchev–Trinajstić information content (AvgIpc) is 3.25. The fourth-order valence-corrected chi connectivity index (χ4v) is 4.26. The maximum absolute atomic E-state index is 11.1. The first-order chi connectivity index (χ1) is 10.1. The average molecular weight is 287 g/mol. The number of likely N-dealkylation sites (tertiary alicyclic amines) is 1. The Morgan fingerprint density at radius 1 is 1.33 bits per heavy atom. The molecule has 0 bridgehead atoms. The van der Waals surface area contributed by atoms with E-state index in [9.17, 15) is 5.11 Å². The van der Waals surface area contributed by atoms with Crippen LogP contribution >= 0.6 is 0 Å². The summed E-state index contributed by atoms with van der Waals surface area (Å²) in [4.78, 5) is 2.51. The molecule has 1 saturated carbocycles. The van der Waals surface area contributed by atoms with E-state index in [0.717, 1.165) is 38.5 Å². The van der Waals surface area contributed by atoms with Crippen molar-refractivity contribution >= 4 is 0 Å². The van der Waals surface area contributed by atoms with Crippen LogP contribution in [0.3, 0.4) is 0 Å². The van der Waals surface area contributed by atoms with Crippen molar-refractivity contribution in [3.8, 4) is 0 Å². The van der Waals surface area contributed by atoms with Gasteiger partial charge in [0.2, 0.25) is 0 Å². The molecule has 3 unspecified atom stereocenters. The van der Waals surface area contributed by atoms with Crippen molar-refractivity contribution in [2.75, 3.05) is 13.2 Å². The summed E-state index contributed by atoms with van der Waals surface area (Å²) in [6.07, 6.45) is 5.29. The Hall–Kier alpha value is -0.900. The van der Waals surface area contributed by atoms with Crippen LogP contribution in [-0.4, -0.2) is 40.8 Å². The molecule has 2 fully saturated rings. The monoisotopic (exact) mass is 287 g/mol. The van der Waals surface area contributed by atoms with Gasteiger partial charge in [-0.25, -0.2) is 0 Å². The van der Waals surface area contributed by atoms with Gasteiger partial charge in [0.25, 0.3) is 0 Å². The summed E-state index contributed by atoms with van der Waals surface area (Å²) in [5.41, 5.74) is 2.09. The SMILES string of the molecule is CC1CC(O)(CC2OCCc3ccccc32)CN1C1CC1. The fourth-order valence-electron chi connectivity index (χ4n) is 4.26. The van der Waals surface area contributed by atoms with Gasteiger partial charge in [0.15, 0.2) is 0 Å². The molecule has 1 saturated heterocycles. The van der Waals surface area contributed by atoms with Crippen LogP contribution in [0.1, 0.15) is 49.8 Å². The maximum Gasteiger partial charge on any atom is 0.0855 e. The Morgan fingerprint density at radius 2 is 2.14 bits per heavy atom. The zero-order chi connectivity index (χ0) is 14.4. The minimum atomic E-state index is -0.586. The highest BCUT2D eigenvalue weighted by atomic mass is 16.5. The number of hydrogen-bond donors (Lipinski definition) is 1. The largest absolute Gasteiger partial charge is 0.388 e. The topological polar surface area (TPSA) is 32.7 Å². The van der Waals surface area contributed by atoms with Crippen molar-refractivity contribution in [2.45, 2.75) is 62.8 Å². The van der Waals surface area contributed by atoms with E-state index in [4.69, 9.17) is 4.74 Å². The molecule has 3 atom stereocenters. The molecule has 0 aromatic heterocycles. The highest BCUT2D eigenvalue weighted by Crippen LogP contribution is 2.42. The van der Waals surface area contributed by atoms with E-state index >= 15 is 0 Å². The van der Waals surface area contributed by atoms with E-state index in [1.54, 1.807) is 0 Å². The predicted octanol–water partition coefficient (Wildman–Crippen LogP) is 2.68. The Bertz CT molecular complexity index is 528. The van der Waals surface area contributed by atoms with Crippen molar-refractivity contribution in [1.29, 1.82) is 0 Å². The molecule has 4 rings (SSSR count). The Morgan fingerprint density at radius 3 is 2.95 bits per heavy atom. The van der Waals surface area contributed by atoms with Gasteiger partial charge in [-0.15, -0.1) is 0 Å². The van der Waals surface area contributed by atoms with E-state index in [-0.39, 0.29) is 6.10 Å². The van der Waals surface area contributed by atoms with Crippen molar-refractivity contribution in [3.63, 3.8) is 0 Å². The molecule has 2 heterocycles. The van der Waals surface area contributed by atoms with Crippen LogP contribution in [-0.2, 0) is 11.2 Å². The molecule has 3 aliphatic rings. The molecule has 0 spiro atoms. The predicted molar refractivity (Wildman–Crippen MR) is 82.2 cm³/mol. The third kappa shape index (κ3) is 2.63. The first kappa shape index (κ1) is 13.7. The lowest BCUT2D eigenvalue weighted by Crippen LogP contribution is -2.37. The van der Waals surface area contributed by atoms with E-state index in [0.29, 0.717) is 6.04 Å². The molecular formula is C18H25NO2. The molecular weight excluding hydrogens is 262 g/mol. The normalized spacial score (nSPS) is 36.7. The molecule has 2 aliphatic heterocycles. The number of rotatable bonds is 3. The molecule has 3 heteroatoms. The molecule has 1 aromatic rings. The Kier molecular flexibility index (Phi) is 3.32. The molecule has 21 heavy (non-hydrogen) atoms. The molecule has 114 valence electrons. The lowest BCUT2D eigenvalue weighted by Gasteiger charge is -2.32. The summed E-state index contributed by atoms with van der Waals surface area (Å²) in [6, 6.07) is 9.78. The molecule has 0 radical (unpaired) electrons. The van der Waals surface area contributed by atoms with Gasteiger partial charge in [-0.1, -0.05) is 24.3 Å². The van der Waals surface area contributed by atoms with Crippen LogP contribution in [0.2, 0.25) is 0 Å². The Labute approximate surface area is 126 Å². The minimum Gasteiger partial charge on any atom is -0.388 e. The van der Waals surface area contributed by atoms with Gasteiger partial charge in [0, 0.05) is 25.0 Å². The number of aliphatic hydroxyl groups is 1. The summed E-state index contributed by atoms with van der Waals surface area (Å²) in [5.74, 6) is 0. The quantitative estimate of drug-likeness (QED) is 0.928. The molecule has 1 N–H and O–H groups in total. The van der Waals surface area contributed by atoms with Gasteiger partial charge < -0.3 is 9.84 Å². The lowest BCUT2D eigenvalue weighted by molar-refractivity contribution is -0.0408. The maximum atomic E-state index is 11.1. The minimum absolute atomic E-state index is 0.0614. The second kappa shape index (κ2) is 5.08. The molecule has 1 aromatic carbocycles. The van der Waals surface area contributed by atoms with Crippen LogP contribution in [0.15, 0.2) is 24.3 Å². The number of benzene rings is 1. The Balaban J connectivity index is 1.51. The van der Waals surface area contributed by atoms with Gasteiger partial charge in [0.05, 0.1) is 18.3 Å². The summed E-state index contributed by atoms with van der Waals surface area (Å²) < 4.78 is 6.00. The number of ether oxygens (including phenoxy) is 1. The summed E-state index contributed by atoms with van der Waals surface area (Å²) in [6.45, 7) is 3.85. The summed E-state index contributed by atoms with van der Waals surface area (Å²) in [5, 5.41) is 11.1. The highest BCUT2D eigenvalue weighted by Gasteiger charge is 2.47. The third-order valence-corrected chi connectivity index (χ3v) is 5.39. The fraction of sp³-hybridized carbons (Fsp3) is 0.667. The van der Waals surface area contributed by atoms with Crippen molar-refractivity contribution < 1.29 is 9.84 Å². The van der Waals surface area contributed by atoms with Crippen molar-refractivity contribution in [1.82, 2.24) is 4.90 Å². The lowest BCUT2D eigenvalue weighted by atomic mass is 9.87. The summed E-state index contributed by atoms with van der Waals surface area (Å²) in [7, 11) is 0. The third-order valence-electron chi connectivity index (χ3n) is 5.39. The van der Waals surface area contributed by atoms with Gasteiger partial charge >= 0.3 is 0 Å². The van der Waals surface area contributed by atoms with E-state index in [1.165, 1.54) is 24.0 Å². The van der Waals surface area contributed by atoms with Gasteiger partial charge in [0.1, 0.15) is 0 Å². The zero-order valence-electron chi connectivity index (χ0n) is 12.8.